The molecule has 0 saturated heterocycles. The number of hydrogen-bond donors (Lipinski definition) is 1. The van der Waals surface area contributed by atoms with Crippen molar-refractivity contribution in [1.82, 2.24) is 5.32 Å². The molecule has 1 N–H and O–H groups in total. The standard InChI is InChI=1S/C12H23N/c1-3-5-10-13-12-9-6-8-11(12)7-4-2/h4,11-13H,2-3,5-10H2,1H3/t11-,12+/m1/s1. The summed E-state index contributed by atoms with van der Waals surface area (Å²) in [6.45, 7) is 7.28. The predicted octanol–water partition coefficient (Wildman–Crippen LogP) is 3.12. The maximum Gasteiger partial charge on any atom is 0.00982 e. The van der Waals surface area contributed by atoms with Crippen molar-refractivity contribution in [2.75, 3.05) is 6.54 Å². The molecule has 0 unspecified atom stereocenters. The first kappa shape index (κ1) is 10.8. The molecular weight excluding hydrogens is 158 g/mol. The molecule has 13 heavy (non-hydrogen) atoms. The molecule has 0 amide bonds. The quantitative estimate of drug-likeness (QED) is 0.490. The normalized spacial score (nSPS) is 27.8. The van der Waals surface area contributed by atoms with Gasteiger partial charge in [-0.2, -0.15) is 0 Å². The van der Waals surface area contributed by atoms with Gasteiger partial charge in [0.15, 0.2) is 0 Å². The summed E-state index contributed by atoms with van der Waals surface area (Å²) in [6, 6.07) is 0.782. The Hall–Kier alpha value is -0.300. The van der Waals surface area contributed by atoms with Gasteiger partial charge in [0.2, 0.25) is 0 Å². The topological polar surface area (TPSA) is 12.0 Å². The molecule has 1 fully saturated rings. The minimum absolute atomic E-state index is 0.782. The largest absolute Gasteiger partial charge is 0.314 e. The molecule has 0 aliphatic heterocycles. The van der Waals surface area contributed by atoms with E-state index in [9.17, 15) is 0 Å². The molecule has 0 bridgehead atoms. The SMILES string of the molecule is C=CC[C@@H]1CCC[C@@H]1NCCCC. The van der Waals surface area contributed by atoms with Crippen LogP contribution in [0.3, 0.4) is 0 Å². The van der Waals surface area contributed by atoms with E-state index in [4.69, 9.17) is 0 Å². The molecule has 1 aliphatic rings. The van der Waals surface area contributed by atoms with Crippen molar-refractivity contribution >= 4 is 0 Å². The molecule has 1 saturated carbocycles. The molecule has 1 heteroatoms. The molecular formula is C12H23N. The van der Waals surface area contributed by atoms with E-state index in [1.54, 1.807) is 0 Å². The molecule has 0 heterocycles. The van der Waals surface area contributed by atoms with Crippen molar-refractivity contribution in [3.8, 4) is 0 Å². The van der Waals surface area contributed by atoms with Crippen LogP contribution < -0.4 is 5.32 Å². The van der Waals surface area contributed by atoms with Gasteiger partial charge >= 0.3 is 0 Å². The highest BCUT2D eigenvalue weighted by atomic mass is 14.9. The summed E-state index contributed by atoms with van der Waals surface area (Å²) in [6.07, 6.45) is 10.1. The van der Waals surface area contributed by atoms with Crippen LogP contribution in [0.5, 0.6) is 0 Å². The number of unbranched alkanes of at least 4 members (excludes halogenated alkanes) is 1. The van der Waals surface area contributed by atoms with E-state index in [0.717, 1.165) is 12.0 Å². The van der Waals surface area contributed by atoms with Gasteiger partial charge in [0, 0.05) is 6.04 Å². The molecule has 1 rings (SSSR count). The minimum atomic E-state index is 0.782. The molecule has 1 aliphatic carbocycles. The second kappa shape index (κ2) is 6.20. The van der Waals surface area contributed by atoms with E-state index in [1.165, 1.54) is 45.1 Å². The summed E-state index contributed by atoms with van der Waals surface area (Å²) in [5.41, 5.74) is 0. The Morgan fingerprint density at radius 1 is 1.46 bits per heavy atom. The Morgan fingerprint density at radius 3 is 3.00 bits per heavy atom. The second-order valence-corrected chi connectivity index (χ2v) is 4.13. The Labute approximate surface area is 82.6 Å². The van der Waals surface area contributed by atoms with Gasteiger partial charge in [0.1, 0.15) is 0 Å². The Balaban J connectivity index is 2.18. The third kappa shape index (κ3) is 3.51. The van der Waals surface area contributed by atoms with Crippen LogP contribution in [0.1, 0.15) is 45.4 Å². The van der Waals surface area contributed by atoms with Crippen molar-refractivity contribution in [3.63, 3.8) is 0 Å². The summed E-state index contributed by atoms with van der Waals surface area (Å²) in [7, 11) is 0. The van der Waals surface area contributed by atoms with Gasteiger partial charge < -0.3 is 5.32 Å². The fourth-order valence-corrected chi connectivity index (χ4v) is 2.27. The van der Waals surface area contributed by atoms with E-state index < -0.39 is 0 Å². The highest BCUT2D eigenvalue weighted by Gasteiger charge is 2.24. The first-order valence-corrected chi connectivity index (χ1v) is 5.72. The average molecular weight is 181 g/mol. The summed E-state index contributed by atoms with van der Waals surface area (Å²) >= 11 is 0. The fraction of sp³-hybridized carbons (Fsp3) is 0.833. The molecule has 1 nitrogen and oxygen atoms in total. The smallest absolute Gasteiger partial charge is 0.00982 e. The first-order valence-electron chi connectivity index (χ1n) is 5.72. The van der Waals surface area contributed by atoms with Gasteiger partial charge in [0.25, 0.3) is 0 Å². The zero-order chi connectivity index (χ0) is 9.52. The fourth-order valence-electron chi connectivity index (χ4n) is 2.27. The Kier molecular flexibility index (Phi) is 5.14. The van der Waals surface area contributed by atoms with Crippen molar-refractivity contribution in [1.29, 1.82) is 0 Å². The average Bonchev–Trinajstić information content (AvgIpc) is 2.54. The van der Waals surface area contributed by atoms with Crippen LogP contribution in [-0.2, 0) is 0 Å². The Bertz CT molecular complexity index is 142. The van der Waals surface area contributed by atoms with Crippen LogP contribution in [0.15, 0.2) is 12.7 Å². The zero-order valence-corrected chi connectivity index (χ0v) is 8.89. The van der Waals surface area contributed by atoms with E-state index in [-0.39, 0.29) is 0 Å². The molecule has 0 aromatic heterocycles. The van der Waals surface area contributed by atoms with Crippen LogP contribution in [0, 0.1) is 5.92 Å². The molecule has 76 valence electrons. The van der Waals surface area contributed by atoms with Crippen molar-refractivity contribution < 1.29 is 0 Å². The van der Waals surface area contributed by atoms with E-state index in [0.29, 0.717) is 0 Å². The van der Waals surface area contributed by atoms with E-state index >= 15 is 0 Å². The molecule has 0 aromatic rings. The third-order valence-electron chi connectivity index (χ3n) is 3.07. The van der Waals surface area contributed by atoms with Crippen LogP contribution in [0.4, 0.5) is 0 Å². The first-order chi connectivity index (χ1) is 6.38. The number of hydrogen-bond acceptors (Lipinski definition) is 1. The van der Waals surface area contributed by atoms with Crippen molar-refractivity contribution in [3.05, 3.63) is 12.7 Å². The lowest BCUT2D eigenvalue weighted by atomic mass is 9.99. The summed E-state index contributed by atoms with van der Waals surface area (Å²) in [5.74, 6) is 0.870. The van der Waals surface area contributed by atoms with Crippen molar-refractivity contribution in [2.24, 2.45) is 5.92 Å². The molecule has 0 radical (unpaired) electrons. The van der Waals surface area contributed by atoms with Crippen LogP contribution in [0.2, 0.25) is 0 Å². The maximum absolute atomic E-state index is 3.83. The van der Waals surface area contributed by atoms with E-state index in [1.807, 2.05) is 0 Å². The van der Waals surface area contributed by atoms with Crippen LogP contribution >= 0.6 is 0 Å². The summed E-state index contributed by atoms with van der Waals surface area (Å²) < 4.78 is 0. The van der Waals surface area contributed by atoms with Crippen LogP contribution in [0.25, 0.3) is 0 Å². The highest BCUT2D eigenvalue weighted by Crippen LogP contribution is 2.28. The van der Waals surface area contributed by atoms with E-state index in [2.05, 4.69) is 24.9 Å². The third-order valence-corrected chi connectivity index (χ3v) is 3.07. The van der Waals surface area contributed by atoms with Gasteiger partial charge in [-0.1, -0.05) is 25.8 Å². The lowest BCUT2D eigenvalue weighted by Crippen LogP contribution is -2.32. The predicted molar refractivity (Wildman–Crippen MR) is 58.9 cm³/mol. The zero-order valence-electron chi connectivity index (χ0n) is 8.89. The minimum Gasteiger partial charge on any atom is -0.314 e. The summed E-state index contributed by atoms with van der Waals surface area (Å²) in [5, 5.41) is 3.67. The number of allylic oxidation sites excluding steroid dienone is 1. The Morgan fingerprint density at radius 2 is 2.31 bits per heavy atom. The maximum atomic E-state index is 3.83. The second-order valence-electron chi connectivity index (χ2n) is 4.13. The van der Waals surface area contributed by atoms with Gasteiger partial charge in [-0.25, -0.2) is 0 Å². The molecule has 2 atom stereocenters. The van der Waals surface area contributed by atoms with Crippen LogP contribution in [-0.4, -0.2) is 12.6 Å². The highest BCUT2D eigenvalue weighted by molar-refractivity contribution is 4.87. The monoisotopic (exact) mass is 181 g/mol. The van der Waals surface area contributed by atoms with Crippen molar-refractivity contribution in [2.45, 2.75) is 51.5 Å². The van der Waals surface area contributed by atoms with Gasteiger partial charge in [-0.3, -0.25) is 0 Å². The number of rotatable bonds is 6. The van der Waals surface area contributed by atoms with Gasteiger partial charge in [-0.15, -0.1) is 6.58 Å². The van der Waals surface area contributed by atoms with Gasteiger partial charge in [-0.05, 0) is 38.1 Å². The summed E-state index contributed by atoms with van der Waals surface area (Å²) in [4.78, 5) is 0. The number of nitrogens with one attached hydrogen (secondary N) is 1. The lowest BCUT2D eigenvalue weighted by molar-refractivity contribution is 0.400. The lowest BCUT2D eigenvalue weighted by Gasteiger charge is -2.19. The molecule has 0 spiro atoms. The van der Waals surface area contributed by atoms with Gasteiger partial charge in [0.05, 0.1) is 0 Å². The molecule has 0 aromatic carbocycles.